The lowest BCUT2D eigenvalue weighted by Crippen LogP contribution is -2.38. The van der Waals surface area contributed by atoms with Crippen molar-refractivity contribution in [3.05, 3.63) is 36.2 Å². The van der Waals surface area contributed by atoms with Crippen LogP contribution >= 0.6 is 0 Å². The SMILES string of the molecule is CCCC[B]c1ccc(NC(=O)N2CCCc3[nH]ncc32)cc1. The number of unbranched alkanes of at least 4 members (excludes halogenated alkanes) is 1. The van der Waals surface area contributed by atoms with Gasteiger partial charge in [0.2, 0.25) is 0 Å². The Balaban J connectivity index is 1.60. The molecule has 0 spiro atoms. The summed E-state index contributed by atoms with van der Waals surface area (Å²) in [7, 11) is 2.23. The van der Waals surface area contributed by atoms with Crippen LogP contribution in [-0.2, 0) is 6.42 Å². The zero-order chi connectivity index (χ0) is 16.1. The first-order chi connectivity index (χ1) is 11.3. The minimum atomic E-state index is -0.102. The molecule has 1 aliphatic heterocycles. The van der Waals surface area contributed by atoms with Crippen LogP contribution in [0.2, 0.25) is 6.32 Å². The van der Waals surface area contributed by atoms with Crippen LogP contribution in [0.1, 0.15) is 31.9 Å². The normalized spacial score (nSPS) is 13.5. The molecule has 2 N–H and O–H groups in total. The van der Waals surface area contributed by atoms with E-state index in [0.29, 0.717) is 0 Å². The molecule has 2 aromatic rings. The molecule has 0 saturated carbocycles. The average molecular weight is 309 g/mol. The van der Waals surface area contributed by atoms with Gasteiger partial charge >= 0.3 is 6.03 Å². The number of aromatic amines is 1. The summed E-state index contributed by atoms with van der Waals surface area (Å²) in [6.45, 7) is 2.92. The summed E-state index contributed by atoms with van der Waals surface area (Å²) >= 11 is 0. The van der Waals surface area contributed by atoms with Crippen molar-refractivity contribution in [2.75, 3.05) is 16.8 Å². The summed E-state index contributed by atoms with van der Waals surface area (Å²) in [4.78, 5) is 14.2. The molecule has 0 bridgehead atoms. The summed E-state index contributed by atoms with van der Waals surface area (Å²) in [5.41, 5.74) is 3.94. The Hall–Kier alpha value is -2.24. The number of carbonyl (C=O) groups excluding carboxylic acids is 1. The molecule has 1 aromatic carbocycles. The maximum Gasteiger partial charge on any atom is 0.326 e. The Kier molecular flexibility index (Phi) is 5.00. The Bertz CT molecular complexity index is 653. The number of urea groups is 1. The molecule has 119 valence electrons. The van der Waals surface area contributed by atoms with Crippen LogP contribution in [-0.4, -0.2) is 30.1 Å². The van der Waals surface area contributed by atoms with Gasteiger partial charge in [0.1, 0.15) is 0 Å². The molecule has 1 radical (unpaired) electrons. The van der Waals surface area contributed by atoms with E-state index in [1.807, 2.05) is 24.3 Å². The van der Waals surface area contributed by atoms with Crippen molar-refractivity contribution in [2.45, 2.75) is 38.9 Å². The lowest BCUT2D eigenvalue weighted by Gasteiger charge is -2.26. The maximum absolute atomic E-state index is 12.5. The monoisotopic (exact) mass is 309 g/mol. The van der Waals surface area contributed by atoms with Gasteiger partial charge in [-0.1, -0.05) is 43.7 Å². The largest absolute Gasteiger partial charge is 0.326 e. The predicted molar refractivity (Wildman–Crippen MR) is 94.8 cm³/mol. The van der Waals surface area contributed by atoms with E-state index in [1.54, 1.807) is 11.1 Å². The molecule has 3 rings (SSSR count). The minimum absolute atomic E-state index is 0.102. The van der Waals surface area contributed by atoms with Crippen LogP contribution in [0.15, 0.2) is 30.5 Å². The summed E-state index contributed by atoms with van der Waals surface area (Å²) in [5.74, 6) is 0. The fourth-order valence-electron chi connectivity index (χ4n) is 2.83. The lowest BCUT2D eigenvalue weighted by atomic mass is 9.66. The van der Waals surface area contributed by atoms with Crippen molar-refractivity contribution in [1.29, 1.82) is 0 Å². The van der Waals surface area contributed by atoms with Crippen molar-refractivity contribution in [3.8, 4) is 0 Å². The van der Waals surface area contributed by atoms with Gasteiger partial charge in [-0.25, -0.2) is 4.79 Å². The van der Waals surface area contributed by atoms with Crippen molar-refractivity contribution < 1.29 is 4.79 Å². The van der Waals surface area contributed by atoms with Crippen LogP contribution in [0.5, 0.6) is 0 Å². The maximum atomic E-state index is 12.5. The minimum Gasteiger partial charge on any atom is -0.308 e. The van der Waals surface area contributed by atoms with E-state index in [0.717, 1.165) is 42.8 Å². The first-order valence-electron chi connectivity index (χ1n) is 8.32. The third kappa shape index (κ3) is 3.75. The van der Waals surface area contributed by atoms with Gasteiger partial charge < -0.3 is 5.32 Å². The number of nitrogens with one attached hydrogen (secondary N) is 2. The second-order valence-corrected chi connectivity index (χ2v) is 5.89. The van der Waals surface area contributed by atoms with Crippen molar-refractivity contribution in [2.24, 2.45) is 0 Å². The highest BCUT2D eigenvalue weighted by Crippen LogP contribution is 2.25. The lowest BCUT2D eigenvalue weighted by molar-refractivity contribution is 0.256. The number of fused-ring (bicyclic) bond motifs is 1. The molecular formula is C17H22BN4O. The third-order valence-electron chi connectivity index (χ3n) is 4.14. The Labute approximate surface area is 137 Å². The molecule has 0 saturated heterocycles. The molecule has 2 amide bonds. The van der Waals surface area contributed by atoms with Gasteiger partial charge in [0.05, 0.1) is 17.6 Å². The summed E-state index contributed by atoms with van der Waals surface area (Å²) in [5, 5.41) is 9.97. The molecule has 23 heavy (non-hydrogen) atoms. The van der Waals surface area contributed by atoms with E-state index in [-0.39, 0.29) is 6.03 Å². The molecule has 0 fully saturated rings. The van der Waals surface area contributed by atoms with Gasteiger partial charge in [-0.2, -0.15) is 5.10 Å². The highest BCUT2D eigenvalue weighted by Gasteiger charge is 2.23. The average Bonchev–Trinajstić information content (AvgIpc) is 3.05. The number of hydrogen-bond acceptors (Lipinski definition) is 2. The zero-order valence-corrected chi connectivity index (χ0v) is 13.5. The topological polar surface area (TPSA) is 61.0 Å². The Morgan fingerprint density at radius 3 is 3.00 bits per heavy atom. The smallest absolute Gasteiger partial charge is 0.308 e. The molecule has 1 aliphatic rings. The van der Waals surface area contributed by atoms with E-state index in [4.69, 9.17) is 0 Å². The van der Waals surface area contributed by atoms with E-state index >= 15 is 0 Å². The number of aryl methyl sites for hydroxylation is 1. The number of rotatable bonds is 5. The second kappa shape index (κ2) is 7.35. The number of anilines is 2. The number of hydrogen-bond donors (Lipinski definition) is 2. The van der Waals surface area contributed by atoms with E-state index in [2.05, 4.69) is 29.7 Å². The highest BCUT2D eigenvalue weighted by molar-refractivity contribution is 6.53. The number of aromatic nitrogens is 2. The number of H-pyrrole nitrogens is 1. The highest BCUT2D eigenvalue weighted by atomic mass is 16.2. The standard InChI is InChI=1S/C17H22BN4O/c1-2-3-10-18-13-6-8-14(9-7-13)20-17(23)22-11-4-5-15-16(22)12-19-21-15/h6-9,12H,2-5,10-11H2,1H3,(H,19,21)(H,20,23). The number of nitrogens with zero attached hydrogens (tertiary/aromatic N) is 2. The molecule has 0 atom stereocenters. The van der Waals surface area contributed by atoms with Crippen molar-refractivity contribution in [1.82, 2.24) is 10.2 Å². The van der Waals surface area contributed by atoms with Crippen LogP contribution in [0.3, 0.4) is 0 Å². The Morgan fingerprint density at radius 2 is 2.22 bits per heavy atom. The van der Waals surface area contributed by atoms with Crippen LogP contribution in [0.4, 0.5) is 16.2 Å². The second-order valence-electron chi connectivity index (χ2n) is 5.89. The summed E-state index contributed by atoms with van der Waals surface area (Å²) in [6.07, 6.45) is 7.13. The van der Waals surface area contributed by atoms with E-state index in [9.17, 15) is 4.79 Å². The van der Waals surface area contributed by atoms with Crippen LogP contribution in [0, 0.1) is 0 Å². The number of amides is 2. The molecule has 6 heteroatoms. The van der Waals surface area contributed by atoms with Gasteiger partial charge in [0.25, 0.3) is 0 Å². The number of benzene rings is 1. The Morgan fingerprint density at radius 1 is 1.39 bits per heavy atom. The van der Waals surface area contributed by atoms with Gasteiger partial charge in [-0.15, -0.1) is 0 Å². The quantitative estimate of drug-likeness (QED) is 0.659. The summed E-state index contributed by atoms with van der Waals surface area (Å²) in [6, 6.07) is 7.90. The fourth-order valence-corrected chi connectivity index (χ4v) is 2.83. The molecule has 1 aromatic heterocycles. The number of carbonyl (C=O) groups is 1. The van der Waals surface area contributed by atoms with Crippen LogP contribution < -0.4 is 15.7 Å². The van der Waals surface area contributed by atoms with Crippen molar-refractivity contribution in [3.63, 3.8) is 0 Å². The molecular weight excluding hydrogens is 287 g/mol. The molecule has 2 heterocycles. The van der Waals surface area contributed by atoms with Crippen LogP contribution in [0.25, 0.3) is 0 Å². The fraction of sp³-hybridized carbons (Fsp3) is 0.412. The first-order valence-corrected chi connectivity index (χ1v) is 8.32. The molecule has 5 nitrogen and oxygen atoms in total. The van der Waals surface area contributed by atoms with E-state index in [1.165, 1.54) is 18.3 Å². The van der Waals surface area contributed by atoms with Gasteiger partial charge in [0.15, 0.2) is 7.28 Å². The van der Waals surface area contributed by atoms with Gasteiger partial charge in [-0.05, 0) is 25.0 Å². The molecule has 0 aliphatic carbocycles. The zero-order valence-electron chi connectivity index (χ0n) is 13.5. The van der Waals surface area contributed by atoms with Gasteiger partial charge in [0, 0.05) is 12.2 Å². The summed E-state index contributed by atoms with van der Waals surface area (Å²) < 4.78 is 0. The predicted octanol–water partition coefficient (Wildman–Crippen LogP) is 2.94. The third-order valence-corrected chi connectivity index (χ3v) is 4.14. The van der Waals surface area contributed by atoms with Gasteiger partial charge in [-0.3, -0.25) is 10.00 Å². The van der Waals surface area contributed by atoms with Crippen molar-refractivity contribution >= 4 is 30.1 Å². The van der Waals surface area contributed by atoms with E-state index < -0.39 is 0 Å². The first kappa shape index (κ1) is 15.7. The molecule has 0 unspecified atom stereocenters.